The molecule has 4 heteroatoms. The third-order valence-corrected chi connectivity index (χ3v) is 4.44. The number of hydrogen-bond acceptors (Lipinski definition) is 3. The fourth-order valence-electron chi connectivity index (χ4n) is 2.91. The molecule has 1 amide bonds. The monoisotopic (exact) mass is 303 g/mol. The molecule has 0 N–H and O–H groups in total. The van der Waals surface area contributed by atoms with Crippen molar-refractivity contribution in [2.75, 3.05) is 19.8 Å². The molecule has 0 bridgehead atoms. The van der Waals surface area contributed by atoms with Crippen molar-refractivity contribution < 1.29 is 14.3 Å². The van der Waals surface area contributed by atoms with E-state index < -0.39 is 0 Å². The highest BCUT2D eigenvalue weighted by molar-refractivity contribution is 5.81. The van der Waals surface area contributed by atoms with Gasteiger partial charge in [-0.05, 0) is 31.7 Å². The average Bonchev–Trinajstić information content (AvgIpc) is 3.27. The van der Waals surface area contributed by atoms with Gasteiger partial charge in [0.2, 0.25) is 0 Å². The van der Waals surface area contributed by atoms with Crippen LogP contribution < -0.4 is 0 Å². The molecule has 0 radical (unpaired) electrons. The Hall–Kier alpha value is -1.39. The van der Waals surface area contributed by atoms with Crippen molar-refractivity contribution in [1.82, 2.24) is 4.90 Å². The Morgan fingerprint density at radius 2 is 2.09 bits per heavy atom. The third kappa shape index (κ3) is 4.08. The average molecular weight is 303 g/mol. The van der Waals surface area contributed by atoms with Gasteiger partial charge >= 0.3 is 0 Å². The van der Waals surface area contributed by atoms with Gasteiger partial charge in [0.1, 0.15) is 6.10 Å². The van der Waals surface area contributed by atoms with Gasteiger partial charge in [-0.2, -0.15) is 0 Å². The van der Waals surface area contributed by atoms with Crippen LogP contribution in [-0.4, -0.2) is 42.7 Å². The lowest BCUT2D eigenvalue weighted by Crippen LogP contribution is -2.43. The van der Waals surface area contributed by atoms with Crippen LogP contribution in [0.5, 0.6) is 0 Å². The van der Waals surface area contributed by atoms with Crippen LogP contribution in [-0.2, 0) is 20.9 Å². The summed E-state index contributed by atoms with van der Waals surface area (Å²) >= 11 is 0. The van der Waals surface area contributed by atoms with E-state index in [0.29, 0.717) is 18.6 Å². The summed E-state index contributed by atoms with van der Waals surface area (Å²) in [5.41, 5.74) is 1.10. The van der Waals surface area contributed by atoms with Crippen LogP contribution in [0.25, 0.3) is 0 Å². The second-order valence-electron chi connectivity index (χ2n) is 6.39. The maximum absolute atomic E-state index is 12.7. The van der Waals surface area contributed by atoms with Crippen LogP contribution in [0.3, 0.4) is 0 Å². The Morgan fingerprint density at radius 3 is 2.73 bits per heavy atom. The Kier molecular flexibility index (Phi) is 5.11. The van der Waals surface area contributed by atoms with Crippen molar-refractivity contribution >= 4 is 5.91 Å². The molecule has 2 atom stereocenters. The van der Waals surface area contributed by atoms with Crippen molar-refractivity contribution in [3.05, 3.63) is 35.9 Å². The number of nitrogens with zero attached hydrogens (tertiary/aromatic N) is 1. The smallest absolute Gasteiger partial charge is 0.251 e. The van der Waals surface area contributed by atoms with Crippen molar-refractivity contribution in [2.45, 2.75) is 44.9 Å². The first-order valence-corrected chi connectivity index (χ1v) is 8.28. The van der Waals surface area contributed by atoms with Gasteiger partial charge in [0, 0.05) is 25.1 Å². The lowest BCUT2D eigenvalue weighted by Gasteiger charge is -2.28. The van der Waals surface area contributed by atoms with Gasteiger partial charge in [0.15, 0.2) is 0 Å². The quantitative estimate of drug-likeness (QED) is 0.777. The van der Waals surface area contributed by atoms with E-state index in [-0.39, 0.29) is 12.0 Å². The van der Waals surface area contributed by atoms with Gasteiger partial charge in [-0.15, -0.1) is 0 Å². The van der Waals surface area contributed by atoms with Gasteiger partial charge in [0.25, 0.3) is 5.91 Å². The van der Waals surface area contributed by atoms with Crippen molar-refractivity contribution in [2.24, 2.45) is 5.92 Å². The zero-order chi connectivity index (χ0) is 15.4. The lowest BCUT2D eigenvalue weighted by atomic mass is 10.1. The highest BCUT2D eigenvalue weighted by Crippen LogP contribution is 2.30. The van der Waals surface area contributed by atoms with Crippen LogP contribution in [0.4, 0.5) is 0 Å². The Morgan fingerprint density at radius 1 is 1.32 bits per heavy atom. The molecule has 1 aliphatic heterocycles. The molecule has 120 valence electrons. The Balaban J connectivity index is 1.52. The molecule has 1 saturated heterocycles. The topological polar surface area (TPSA) is 38.8 Å². The molecule has 1 aromatic carbocycles. The van der Waals surface area contributed by atoms with Gasteiger partial charge in [-0.25, -0.2) is 0 Å². The predicted molar refractivity (Wildman–Crippen MR) is 84.4 cm³/mol. The fourth-order valence-corrected chi connectivity index (χ4v) is 2.91. The molecule has 1 aromatic rings. The number of hydrogen-bond donors (Lipinski definition) is 0. The highest BCUT2D eigenvalue weighted by atomic mass is 16.5. The van der Waals surface area contributed by atoms with E-state index in [1.807, 2.05) is 42.2 Å². The van der Waals surface area contributed by atoms with E-state index >= 15 is 0 Å². The summed E-state index contributed by atoms with van der Waals surface area (Å²) in [6.07, 6.45) is 2.94. The van der Waals surface area contributed by atoms with E-state index in [1.54, 1.807) is 0 Å². The van der Waals surface area contributed by atoms with Crippen LogP contribution in [0.2, 0.25) is 0 Å². The molecule has 4 nitrogen and oxygen atoms in total. The van der Waals surface area contributed by atoms with Crippen LogP contribution in [0, 0.1) is 5.92 Å². The molecule has 1 aliphatic carbocycles. The van der Waals surface area contributed by atoms with E-state index in [9.17, 15) is 4.79 Å². The number of amides is 1. The molecule has 2 fully saturated rings. The SMILES string of the molecule is C[C@H](OCc1ccccc1)C(=O)N(C[C@@H]1CCOC1)C1CC1. The van der Waals surface area contributed by atoms with Crippen molar-refractivity contribution in [3.63, 3.8) is 0 Å². The van der Waals surface area contributed by atoms with Gasteiger partial charge in [-0.3, -0.25) is 4.79 Å². The summed E-state index contributed by atoms with van der Waals surface area (Å²) in [6.45, 7) is 4.79. The van der Waals surface area contributed by atoms with Crippen LogP contribution in [0.15, 0.2) is 30.3 Å². The molecule has 1 heterocycles. The van der Waals surface area contributed by atoms with Crippen molar-refractivity contribution in [1.29, 1.82) is 0 Å². The van der Waals surface area contributed by atoms with Gasteiger partial charge in [0.05, 0.1) is 13.2 Å². The highest BCUT2D eigenvalue weighted by Gasteiger charge is 2.36. The largest absolute Gasteiger partial charge is 0.381 e. The predicted octanol–water partition coefficient (Wildman–Crippen LogP) is 2.62. The van der Waals surface area contributed by atoms with Gasteiger partial charge in [-0.1, -0.05) is 30.3 Å². The Bertz CT molecular complexity index is 480. The molecule has 22 heavy (non-hydrogen) atoms. The molecule has 0 unspecified atom stereocenters. The van der Waals surface area contributed by atoms with Crippen LogP contribution in [0.1, 0.15) is 31.7 Å². The minimum absolute atomic E-state index is 0.130. The maximum atomic E-state index is 12.7. The number of ether oxygens (including phenoxy) is 2. The second kappa shape index (κ2) is 7.25. The van der Waals surface area contributed by atoms with Crippen molar-refractivity contribution in [3.8, 4) is 0 Å². The fraction of sp³-hybridized carbons (Fsp3) is 0.611. The summed E-state index contributed by atoms with van der Waals surface area (Å²) in [6, 6.07) is 10.4. The zero-order valence-electron chi connectivity index (χ0n) is 13.2. The maximum Gasteiger partial charge on any atom is 0.251 e. The second-order valence-corrected chi connectivity index (χ2v) is 6.39. The van der Waals surface area contributed by atoms with Crippen LogP contribution >= 0.6 is 0 Å². The third-order valence-electron chi connectivity index (χ3n) is 4.44. The number of carbonyl (C=O) groups is 1. The molecule has 2 aliphatic rings. The first-order valence-electron chi connectivity index (χ1n) is 8.28. The molecule has 0 aromatic heterocycles. The molecule has 0 spiro atoms. The minimum atomic E-state index is -0.386. The first kappa shape index (κ1) is 15.5. The lowest BCUT2D eigenvalue weighted by molar-refractivity contribution is -0.144. The first-order chi connectivity index (χ1) is 10.7. The summed E-state index contributed by atoms with van der Waals surface area (Å²) in [4.78, 5) is 14.7. The standard InChI is InChI=1S/C18H25NO3/c1-14(22-13-15-5-3-2-4-6-15)18(20)19(17-7-8-17)11-16-9-10-21-12-16/h2-6,14,16-17H,7-13H2,1H3/t14-,16-/m0/s1. The molecular weight excluding hydrogens is 278 g/mol. The van der Waals surface area contributed by atoms with E-state index in [1.165, 1.54) is 0 Å². The zero-order valence-corrected chi connectivity index (χ0v) is 13.2. The van der Waals surface area contributed by atoms with E-state index in [4.69, 9.17) is 9.47 Å². The normalized spacial score (nSPS) is 22.5. The van der Waals surface area contributed by atoms with E-state index in [2.05, 4.69) is 0 Å². The number of benzene rings is 1. The summed E-state index contributed by atoms with van der Waals surface area (Å²) < 4.78 is 11.2. The summed E-state index contributed by atoms with van der Waals surface area (Å²) in [5.74, 6) is 0.621. The summed E-state index contributed by atoms with van der Waals surface area (Å²) in [5, 5.41) is 0. The minimum Gasteiger partial charge on any atom is -0.381 e. The number of carbonyl (C=O) groups excluding carboxylic acids is 1. The summed E-state index contributed by atoms with van der Waals surface area (Å²) in [7, 11) is 0. The number of rotatable bonds is 7. The molecular formula is C18H25NO3. The van der Waals surface area contributed by atoms with Gasteiger partial charge < -0.3 is 14.4 Å². The molecule has 1 saturated carbocycles. The Labute approximate surface area is 132 Å². The molecule has 3 rings (SSSR count). The van der Waals surface area contributed by atoms with E-state index in [0.717, 1.165) is 44.6 Å².